The third kappa shape index (κ3) is 4.24. The summed E-state index contributed by atoms with van der Waals surface area (Å²) in [5.74, 6) is 0.693. The normalized spacial score (nSPS) is 22.2. The van der Waals surface area contributed by atoms with Crippen molar-refractivity contribution in [1.82, 2.24) is 9.80 Å². The third-order valence-corrected chi connectivity index (χ3v) is 4.49. The van der Waals surface area contributed by atoms with Crippen LogP contribution in [-0.2, 0) is 4.74 Å². The van der Waals surface area contributed by atoms with Crippen molar-refractivity contribution in [3.05, 3.63) is 29.8 Å². The Hall–Kier alpha value is -1.59. The summed E-state index contributed by atoms with van der Waals surface area (Å²) < 4.78 is 10.5. The van der Waals surface area contributed by atoms with Crippen LogP contribution in [0, 0.1) is 0 Å². The Bertz CT molecular complexity index is 509. The summed E-state index contributed by atoms with van der Waals surface area (Å²) in [6, 6.07) is 8.12. The Morgan fingerprint density at radius 2 is 1.83 bits per heavy atom. The average Bonchev–Trinajstić information content (AvgIpc) is 2.56. The lowest BCUT2D eigenvalue weighted by Crippen LogP contribution is -2.58. The van der Waals surface area contributed by atoms with Crippen molar-refractivity contribution >= 4 is 5.91 Å². The van der Waals surface area contributed by atoms with Crippen LogP contribution in [-0.4, -0.2) is 68.3 Å². The molecule has 5 nitrogen and oxygen atoms in total. The minimum atomic E-state index is 0.0534. The number of piperazine rings is 1. The number of nitrogens with zero attached hydrogens (tertiary/aromatic N) is 2. The van der Waals surface area contributed by atoms with E-state index in [-0.39, 0.29) is 5.91 Å². The molecule has 1 aliphatic heterocycles. The van der Waals surface area contributed by atoms with Crippen LogP contribution in [0.5, 0.6) is 5.75 Å². The van der Waals surface area contributed by atoms with Crippen LogP contribution >= 0.6 is 0 Å². The molecule has 2 atom stereocenters. The molecule has 5 heteroatoms. The minimum absolute atomic E-state index is 0.0534. The number of rotatable bonds is 6. The van der Waals surface area contributed by atoms with Crippen molar-refractivity contribution in [1.29, 1.82) is 0 Å². The number of carbonyl (C=O) groups excluding carboxylic acids is 1. The first-order valence-electron chi connectivity index (χ1n) is 8.25. The molecule has 1 aromatic carbocycles. The quantitative estimate of drug-likeness (QED) is 0.754. The van der Waals surface area contributed by atoms with E-state index in [0.717, 1.165) is 32.7 Å². The molecule has 0 radical (unpaired) electrons. The molecule has 1 amide bonds. The summed E-state index contributed by atoms with van der Waals surface area (Å²) in [6.45, 7) is 7.64. The minimum Gasteiger partial charge on any atom is -0.496 e. The Balaban J connectivity index is 2.04. The highest BCUT2D eigenvalue weighted by atomic mass is 16.5. The Morgan fingerprint density at radius 1 is 1.17 bits per heavy atom. The lowest BCUT2D eigenvalue weighted by atomic mass is 10.1. The van der Waals surface area contributed by atoms with Crippen LogP contribution in [0.1, 0.15) is 30.6 Å². The summed E-state index contributed by atoms with van der Waals surface area (Å²) in [6.07, 6.45) is 1.02. The van der Waals surface area contributed by atoms with Crippen molar-refractivity contribution in [3.8, 4) is 5.75 Å². The first kappa shape index (κ1) is 17.8. The largest absolute Gasteiger partial charge is 0.496 e. The second-order valence-corrected chi connectivity index (χ2v) is 6.19. The van der Waals surface area contributed by atoms with Crippen LogP contribution in [0.15, 0.2) is 24.3 Å². The van der Waals surface area contributed by atoms with Gasteiger partial charge in [0.25, 0.3) is 5.91 Å². The van der Waals surface area contributed by atoms with Crippen molar-refractivity contribution in [2.24, 2.45) is 0 Å². The van der Waals surface area contributed by atoms with Gasteiger partial charge in [-0.25, -0.2) is 0 Å². The van der Waals surface area contributed by atoms with Crippen molar-refractivity contribution < 1.29 is 14.3 Å². The van der Waals surface area contributed by atoms with E-state index in [4.69, 9.17) is 9.47 Å². The zero-order valence-corrected chi connectivity index (χ0v) is 14.6. The number of amides is 1. The smallest absolute Gasteiger partial charge is 0.257 e. The van der Waals surface area contributed by atoms with Crippen molar-refractivity contribution in [2.75, 3.05) is 40.5 Å². The average molecular weight is 320 g/mol. The zero-order chi connectivity index (χ0) is 16.8. The van der Waals surface area contributed by atoms with Gasteiger partial charge in [-0.15, -0.1) is 0 Å². The summed E-state index contributed by atoms with van der Waals surface area (Å²) in [5, 5.41) is 0. The van der Waals surface area contributed by atoms with Gasteiger partial charge in [0.15, 0.2) is 0 Å². The Labute approximate surface area is 139 Å². The number of hydrogen-bond donors (Lipinski definition) is 0. The second-order valence-electron chi connectivity index (χ2n) is 6.19. The highest BCUT2D eigenvalue weighted by Gasteiger charge is 2.32. The molecule has 1 saturated heterocycles. The molecule has 1 aromatic rings. The van der Waals surface area contributed by atoms with Crippen molar-refractivity contribution in [2.45, 2.75) is 32.4 Å². The molecule has 2 rings (SSSR count). The van der Waals surface area contributed by atoms with Gasteiger partial charge in [-0.3, -0.25) is 9.69 Å². The van der Waals surface area contributed by atoms with Crippen LogP contribution in [0.25, 0.3) is 0 Å². The van der Waals surface area contributed by atoms with Gasteiger partial charge >= 0.3 is 0 Å². The molecule has 0 aliphatic carbocycles. The monoisotopic (exact) mass is 320 g/mol. The second kappa shape index (κ2) is 8.31. The predicted octanol–water partition coefficient (Wildman–Crippen LogP) is 2.27. The van der Waals surface area contributed by atoms with E-state index in [0.29, 0.717) is 23.4 Å². The fourth-order valence-electron chi connectivity index (χ4n) is 3.35. The first-order valence-corrected chi connectivity index (χ1v) is 8.25. The highest BCUT2D eigenvalue weighted by molar-refractivity contribution is 5.97. The summed E-state index contributed by atoms with van der Waals surface area (Å²) in [7, 11) is 3.34. The molecular weight excluding hydrogens is 292 g/mol. The third-order valence-electron chi connectivity index (χ3n) is 4.49. The van der Waals surface area contributed by atoms with Gasteiger partial charge in [-0.2, -0.15) is 0 Å². The lowest BCUT2D eigenvalue weighted by Gasteiger charge is -2.44. The van der Waals surface area contributed by atoms with E-state index in [1.54, 1.807) is 14.2 Å². The summed E-state index contributed by atoms with van der Waals surface area (Å²) in [5.41, 5.74) is 0.641. The number of carbonyl (C=O) groups is 1. The molecule has 1 fully saturated rings. The Kier molecular flexibility index (Phi) is 6.42. The molecule has 128 valence electrons. The molecular formula is C18H28N2O3. The van der Waals surface area contributed by atoms with E-state index in [1.807, 2.05) is 29.2 Å². The maximum atomic E-state index is 12.8. The van der Waals surface area contributed by atoms with Gasteiger partial charge in [0, 0.05) is 45.4 Å². The van der Waals surface area contributed by atoms with Gasteiger partial charge < -0.3 is 14.4 Å². The van der Waals surface area contributed by atoms with Gasteiger partial charge in [0.2, 0.25) is 0 Å². The maximum Gasteiger partial charge on any atom is 0.257 e. The van der Waals surface area contributed by atoms with Crippen LogP contribution in [0.2, 0.25) is 0 Å². The number of ether oxygens (including phenoxy) is 2. The molecule has 2 unspecified atom stereocenters. The summed E-state index contributed by atoms with van der Waals surface area (Å²) >= 11 is 0. The van der Waals surface area contributed by atoms with Gasteiger partial charge in [0.05, 0.1) is 12.7 Å². The molecule has 23 heavy (non-hydrogen) atoms. The molecule has 0 bridgehead atoms. The zero-order valence-electron chi connectivity index (χ0n) is 14.6. The van der Waals surface area contributed by atoms with Crippen LogP contribution < -0.4 is 4.74 Å². The number of benzene rings is 1. The number of hydrogen-bond acceptors (Lipinski definition) is 4. The topological polar surface area (TPSA) is 42.0 Å². The lowest BCUT2D eigenvalue weighted by molar-refractivity contribution is 0.0268. The number of para-hydroxylation sites is 1. The fourth-order valence-corrected chi connectivity index (χ4v) is 3.35. The van der Waals surface area contributed by atoms with Gasteiger partial charge in [-0.05, 0) is 32.4 Å². The van der Waals surface area contributed by atoms with E-state index >= 15 is 0 Å². The van der Waals surface area contributed by atoms with E-state index in [1.165, 1.54) is 0 Å². The highest BCUT2D eigenvalue weighted by Crippen LogP contribution is 2.23. The van der Waals surface area contributed by atoms with E-state index < -0.39 is 0 Å². The van der Waals surface area contributed by atoms with E-state index in [2.05, 4.69) is 18.7 Å². The SMILES string of the molecule is COCCCN1C(C)CN(C(=O)c2ccccc2OC)CC1C. The predicted molar refractivity (Wildman–Crippen MR) is 91.0 cm³/mol. The van der Waals surface area contributed by atoms with Crippen LogP contribution in [0.3, 0.4) is 0 Å². The molecule has 1 aliphatic rings. The first-order chi connectivity index (χ1) is 11.1. The molecule has 1 heterocycles. The summed E-state index contributed by atoms with van der Waals surface area (Å²) in [4.78, 5) is 17.3. The fraction of sp³-hybridized carbons (Fsp3) is 0.611. The molecule has 0 N–H and O–H groups in total. The van der Waals surface area contributed by atoms with Gasteiger partial charge in [0.1, 0.15) is 5.75 Å². The van der Waals surface area contributed by atoms with Crippen molar-refractivity contribution in [3.63, 3.8) is 0 Å². The Morgan fingerprint density at radius 3 is 2.43 bits per heavy atom. The van der Waals surface area contributed by atoms with E-state index in [9.17, 15) is 4.79 Å². The van der Waals surface area contributed by atoms with Gasteiger partial charge in [-0.1, -0.05) is 12.1 Å². The molecule has 0 spiro atoms. The standard InChI is InChI=1S/C18H28N2O3/c1-14-12-19(13-15(2)20(14)10-7-11-22-3)18(21)16-8-5-6-9-17(16)23-4/h5-6,8-9,14-15H,7,10-13H2,1-4H3. The molecule has 0 saturated carbocycles. The van der Waals surface area contributed by atoms with Crippen LogP contribution in [0.4, 0.5) is 0 Å². The maximum absolute atomic E-state index is 12.8. The molecule has 0 aromatic heterocycles. The number of methoxy groups -OCH3 is 2.